The summed E-state index contributed by atoms with van der Waals surface area (Å²) in [6.07, 6.45) is 3.26. The van der Waals surface area contributed by atoms with Crippen molar-refractivity contribution in [1.82, 2.24) is 4.98 Å². The van der Waals surface area contributed by atoms with Crippen molar-refractivity contribution in [3.8, 4) is 11.1 Å². The molecule has 0 aliphatic heterocycles. The van der Waals surface area contributed by atoms with Gasteiger partial charge in [-0.1, -0.05) is 65.8 Å². The predicted octanol–water partition coefficient (Wildman–Crippen LogP) is 7.34. The van der Waals surface area contributed by atoms with E-state index in [1.54, 1.807) is 11.3 Å². The molecule has 0 bridgehead atoms. The standard InChI is InChI=1S/C24H19ClN2OS/c25-19-10-13-21-22(14-19)29-24(27-21)26-20-11-8-16(9-12-20)15-4-6-18(7-5-15)23(28)17-2-1-3-17/h4-14,17H,1-3H2,(H,26,27). The lowest BCUT2D eigenvalue weighted by atomic mass is 9.80. The number of hydrogen-bond acceptors (Lipinski definition) is 4. The second kappa shape index (κ2) is 7.62. The number of nitrogens with zero attached hydrogens (tertiary/aromatic N) is 1. The van der Waals surface area contributed by atoms with Crippen LogP contribution in [0, 0.1) is 5.92 Å². The van der Waals surface area contributed by atoms with E-state index in [1.165, 1.54) is 6.42 Å². The minimum Gasteiger partial charge on any atom is -0.332 e. The zero-order chi connectivity index (χ0) is 19.8. The highest BCUT2D eigenvalue weighted by Gasteiger charge is 2.25. The van der Waals surface area contributed by atoms with Gasteiger partial charge in [-0.3, -0.25) is 4.79 Å². The number of Topliss-reactive ketones (excluding diaryl/α,β-unsaturated/α-hetero) is 1. The zero-order valence-corrected chi connectivity index (χ0v) is 17.3. The molecular formula is C24H19ClN2OS. The van der Waals surface area contributed by atoms with Crippen LogP contribution in [0.3, 0.4) is 0 Å². The van der Waals surface area contributed by atoms with Gasteiger partial charge < -0.3 is 5.32 Å². The van der Waals surface area contributed by atoms with Crippen LogP contribution in [0.1, 0.15) is 29.6 Å². The number of benzene rings is 3. The van der Waals surface area contributed by atoms with Crippen molar-refractivity contribution in [2.24, 2.45) is 5.92 Å². The van der Waals surface area contributed by atoms with Gasteiger partial charge in [0.25, 0.3) is 0 Å². The Morgan fingerprint density at radius 3 is 2.31 bits per heavy atom. The molecular weight excluding hydrogens is 400 g/mol. The number of nitrogens with one attached hydrogen (secondary N) is 1. The predicted molar refractivity (Wildman–Crippen MR) is 121 cm³/mol. The number of ketones is 1. The molecule has 144 valence electrons. The lowest BCUT2D eigenvalue weighted by molar-refractivity contribution is 0.0855. The van der Waals surface area contributed by atoms with Crippen LogP contribution in [0.5, 0.6) is 0 Å². The van der Waals surface area contributed by atoms with Crippen molar-refractivity contribution in [2.45, 2.75) is 19.3 Å². The highest BCUT2D eigenvalue weighted by Crippen LogP contribution is 2.32. The Labute approximate surface area is 178 Å². The molecule has 29 heavy (non-hydrogen) atoms. The molecule has 0 amide bonds. The molecule has 1 fully saturated rings. The van der Waals surface area contributed by atoms with Crippen molar-refractivity contribution in [2.75, 3.05) is 5.32 Å². The van der Waals surface area contributed by atoms with Gasteiger partial charge in [0.05, 0.1) is 10.2 Å². The SMILES string of the molecule is O=C(c1ccc(-c2ccc(Nc3nc4ccc(Cl)cc4s3)cc2)cc1)C1CCC1. The average molecular weight is 419 g/mol. The molecule has 1 aromatic heterocycles. The monoisotopic (exact) mass is 418 g/mol. The van der Waals surface area contributed by atoms with Crippen LogP contribution in [0.25, 0.3) is 21.3 Å². The molecule has 0 spiro atoms. The second-order valence-corrected chi connectivity index (χ2v) is 8.87. The second-order valence-electron chi connectivity index (χ2n) is 7.40. The van der Waals surface area contributed by atoms with Gasteiger partial charge in [0.15, 0.2) is 10.9 Å². The Balaban J connectivity index is 1.30. The van der Waals surface area contributed by atoms with Crippen molar-refractivity contribution >= 4 is 49.8 Å². The zero-order valence-electron chi connectivity index (χ0n) is 15.7. The fourth-order valence-electron chi connectivity index (χ4n) is 3.55. The van der Waals surface area contributed by atoms with Crippen molar-refractivity contribution in [3.05, 3.63) is 77.3 Å². The quantitative estimate of drug-likeness (QED) is 0.344. The normalized spacial score (nSPS) is 14.0. The minimum atomic E-state index is 0.241. The number of rotatable bonds is 5. The Kier molecular flexibility index (Phi) is 4.82. The number of aromatic nitrogens is 1. The first-order valence-corrected chi connectivity index (χ1v) is 10.9. The Morgan fingerprint density at radius 1 is 0.966 bits per heavy atom. The summed E-state index contributed by atoms with van der Waals surface area (Å²) in [7, 11) is 0. The average Bonchev–Trinajstić information content (AvgIpc) is 3.08. The molecule has 1 saturated carbocycles. The summed E-state index contributed by atoms with van der Waals surface area (Å²) in [4.78, 5) is 17.0. The summed E-state index contributed by atoms with van der Waals surface area (Å²) >= 11 is 7.64. The van der Waals surface area contributed by atoms with Crippen LogP contribution in [0.2, 0.25) is 5.02 Å². The van der Waals surface area contributed by atoms with Crippen LogP contribution in [0.4, 0.5) is 10.8 Å². The van der Waals surface area contributed by atoms with E-state index in [1.807, 2.05) is 54.6 Å². The molecule has 0 unspecified atom stereocenters. The van der Waals surface area contributed by atoms with E-state index in [0.29, 0.717) is 5.78 Å². The third kappa shape index (κ3) is 3.78. The molecule has 1 heterocycles. The summed E-state index contributed by atoms with van der Waals surface area (Å²) in [5.41, 5.74) is 4.98. The molecule has 1 aliphatic rings. The summed E-state index contributed by atoms with van der Waals surface area (Å²) in [5.74, 6) is 0.532. The van der Waals surface area contributed by atoms with Crippen LogP contribution in [-0.4, -0.2) is 10.8 Å². The summed E-state index contributed by atoms with van der Waals surface area (Å²) in [6, 6.07) is 21.9. The largest absolute Gasteiger partial charge is 0.332 e. The number of halogens is 1. The maximum Gasteiger partial charge on any atom is 0.188 e. The van der Waals surface area contributed by atoms with Crippen LogP contribution < -0.4 is 5.32 Å². The lowest BCUT2D eigenvalue weighted by Crippen LogP contribution is -2.21. The third-order valence-electron chi connectivity index (χ3n) is 5.47. The first-order chi connectivity index (χ1) is 14.2. The third-order valence-corrected chi connectivity index (χ3v) is 6.63. The number of carbonyl (C=O) groups excluding carboxylic acids is 1. The first kappa shape index (κ1) is 18.3. The molecule has 4 aromatic rings. The van der Waals surface area contributed by atoms with Crippen molar-refractivity contribution < 1.29 is 4.79 Å². The fraction of sp³-hybridized carbons (Fsp3) is 0.167. The molecule has 0 atom stereocenters. The number of fused-ring (bicyclic) bond motifs is 1. The maximum absolute atomic E-state index is 12.4. The summed E-state index contributed by atoms with van der Waals surface area (Å²) in [5, 5.41) is 4.92. The topological polar surface area (TPSA) is 42.0 Å². The van der Waals surface area contributed by atoms with Gasteiger partial charge in [0, 0.05) is 22.2 Å². The van der Waals surface area contributed by atoms with Gasteiger partial charge in [0.2, 0.25) is 0 Å². The minimum absolute atomic E-state index is 0.241. The van der Waals surface area contributed by atoms with E-state index in [9.17, 15) is 4.79 Å². The van der Waals surface area contributed by atoms with Crippen LogP contribution >= 0.6 is 22.9 Å². The molecule has 0 radical (unpaired) electrons. The molecule has 1 aliphatic carbocycles. The van der Waals surface area contributed by atoms with Gasteiger partial charge in [-0.25, -0.2) is 4.98 Å². The molecule has 5 rings (SSSR count). The highest BCUT2D eigenvalue weighted by molar-refractivity contribution is 7.22. The van der Waals surface area contributed by atoms with E-state index < -0.39 is 0 Å². The van der Waals surface area contributed by atoms with Gasteiger partial charge >= 0.3 is 0 Å². The van der Waals surface area contributed by atoms with Gasteiger partial charge in [-0.2, -0.15) is 0 Å². The first-order valence-electron chi connectivity index (χ1n) is 9.73. The fourth-order valence-corrected chi connectivity index (χ4v) is 4.72. The van der Waals surface area contributed by atoms with E-state index in [4.69, 9.17) is 11.6 Å². The number of anilines is 2. The molecule has 3 aromatic carbocycles. The van der Waals surface area contributed by atoms with Gasteiger partial charge in [-0.15, -0.1) is 0 Å². The lowest BCUT2D eigenvalue weighted by Gasteiger charge is -2.23. The van der Waals surface area contributed by atoms with Crippen molar-refractivity contribution in [3.63, 3.8) is 0 Å². The van der Waals surface area contributed by atoms with Gasteiger partial charge in [0.1, 0.15) is 0 Å². The summed E-state index contributed by atoms with van der Waals surface area (Å²) in [6.45, 7) is 0. The van der Waals surface area contributed by atoms with E-state index >= 15 is 0 Å². The van der Waals surface area contributed by atoms with Gasteiger partial charge in [-0.05, 0) is 54.3 Å². The maximum atomic E-state index is 12.4. The Morgan fingerprint density at radius 2 is 1.66 bits per heavy atom. The van der Waals surface area contributed by atoms with Crippen molar-refractivity contribution in [1.29, 1.82) is 0 Å². The van der Waals surface area contributed by atoms with E-state index in [0.717, 1.165) is 55.6 Å². The molecule has 0 saturated heterocycles. The smallest absolute Gasteiger partial charge is 0.188 e. The highest BCUT2D eigenvalue weighted by atomic mass is 35.5. The Hall–Kier alpha value is -2.69. The van der Waals surface area contributed by atoms with Crippen LogP contribution in [0.15, 0.2) is 66.7 Å². The molecule has 1 N–H and O–H groups in total. The van der Waals surface area contributed by atoms with Crippen LogP contribution in [-0.2, 0) is 0 Å². The number of hydrogen-bond donors (Lipinski definition) is 1. The molecule has 3 nitrogen and oxygen atoms in total. The number of thiazole rings is 1. The molecule has 5 heteroatoms. The Bertz CT molecular complexity index is 1180. The van der Waals surface area contributed by atoms with E-state index in [2.05, 4.69) is 22.4 Å². The summed E-state index contributed by atoms with van der Waals surface area (Å²) < 4.78 is 1.06. The number of carbonyl (C=O) groups is 1. The van der Waals surface area contributed by atoms with E-state index in [-0.39, 0.29) is 5.92 Å².